The predicted octanol–water partition coefficient (Wildman–Crippen LogP) is 0.409. The Labute approximate surface area is 78.2 Å². The van der Waals surface area contributed by atoms with Crippen LogP contribution < -0.4 is 11.4 Å². The van der Waals surface area contributed by atoms with E-state index in [4.69, 9.17) is 18.1 Å². The molecule has 0 saturated carbocycles. The Morgan fingerprint density at radius 1 is 1.54 bits per heavy atom. The molecular weight excluding hydrogens is 188 g/mol. The summed E-state index contributed by atoms with van der Waals surface area (Å²) < 4.78 is 1.13. The van der Waals surface area contributed by atoms with Gasteiger partial charge in [0.15, 0.2) is 4.77 Å². The number of aromatic amines is 2. The molecule has 0 fully saturated rings. The number of fused-ring (bicyclic) bond motifs is 1. The molecule has 5 nitrogen and oxygen atoms in total. The first-order chi connectivity index (χ1) is 6.09. The quantitative estimate of drug-likeness (QED) is 0.421. The van der Waals surface area contributed by atoms with E-state index in [0.29, 0.717) is 11.0 Å². The summed E-state index contributed by atoms with van der Waals surface area (Å²) in [4.78, 5) is 17.2. The predicted molar refractivity (Wildman–Crippen MR) is 52.6 cm³/mol. The fourth-order valence-electron chi connectivity index (χ4n) is 1.24. The van der Waals surface area contributed by atoms with Crippen LogP contribution in [-0.4, -0.2) is 14.6 Å². The van der Waals surface area contributed by atoms with Crippen LogP contribution in [0.5, 0.6) is 0 Å². The minimum absolute atomic E-state index is 0.219. The third kappa shape index (κ3) is 1.06. The molecule has 0 saturated heterocycles. The molecule has 2 rings (SSSR count). The maximum Gasteiger partial charge on any atom is 0.297 e. The van der Waals surface area contributed by atoms with E-state index in [1.54, 1.807) is 0 Å². The zero-order valence-electron chi connectivity index (χ0n) is 6.92. The lowest BCUT2D eigenvalue weighted by Gasteiger charge is -1.96. The molecule has 0 spiro atoms. The van der Waals surface area contributed by atoms with Crippen molar-refractivity contribution in [1.82, 2.24) is 14.6 Å². The molecule has 13 heavy (non-hydrogen) atoms. The summed E-state index contributed by atoms with van der Waals surface area (Å²) in [5.74, 6) is 5.41. The molecule has 2 heterocycles. The van der Waals surface area contributed by atoms with Crippen LogP contribution in [0.25, 0.3) is 11.0 Å². The largest absolute Gasteiger partial charge is 0.353 e. The molecule has 0 atom stereocenters. The van der Waals surface area contributed by atoms with Crippen LogP contribution in [0.3, 0.4) is 0 Å². The molecule has 0 amide bonds. The summed E-state index contributed by atoms with van der Waals surface area (Å²) in [5, 5.41) is 0. The smallest absolute Gasteiger partial charge is 0.297 e. The third-order valence-corrected chi connectivity index (χ3v) is 2.14. The van der Waals surface area contributed by atoms with E-state index in [2.05, 4.69) is 9.97 Å². The first kappa shape index (κ1) is 8.06. The van der Waals surface area contributed by atoms with Crippen molar-refractivity contribution in [3.63, 3.8) is 0 Å². The van der Waals surface area contributed by atoms with Gasteiger partial charge < -0.3 is 15.8 Å². The number of nitrogen functional groups attached to an aromatic ring is 1. The van der Waals surface area contributed by atoms with Crippen molar-refractivity contribution in [3.8, 4) is 0 Å². The monoisotopic (exact) mass is 196 g/mol. The Morgan fingerprint density at radius 3 is 2.92 bits per heavy atom. The van der Waals surface area contributed by atoms with E-state index in [1.807, 2.05) is 13.0 Å². The van der Waals surface area contributed by atoms with Gasteiger partial charge in [-0.05, 0) is 25.2 Å². The molecule has 2 aromatic rings. The SMILES string of the molecule is Cc1cc2[nH]c(=S)n(N)c(=O)c2[nH]1. The Hall–Kier alpha value is -1.56. The van der Waals surface area contributed by atoms with Gasteiger partial charge in [-0.3, -0.25) is 4.79 Å². The van der Waals surface area contributed by atoms with Gasteiger partial charge in [0.2, 0.25) is 0 Å². The number of H-pyrrole nitrogens is 2. The van der Waals surface area contributed by atoms with Crippen molar-refractivity contribution in [2.75, 3.05) is 5.84 Å². The second-order valence-corrected chi connectivity index (χ2v) is 3.23. The number of aromatic nitrogens is 3. The van der Waals surface area contributed by atoms with Gasteiger partial charge in [-0.25, -0.2) is 0 Å². The third-order valence-electron chi connectivity index (χ3n) is 1.85. The van der Waals surface area contributed by atoms with E-state index in [-0.39, 0.29) is 10.3 Å². The Balaban J connectivity index is 3.10. The van der Waals surface area contributed by atoms with Crippen molar-refractivity contribution in [2.24, 2.45) is 0 Å². The summed E-state index contributed by atoms with van der Waals surface area (Å²) in [5.41, 5.74) is 1.72. The number of hydrogen-bond donors (Lipinski definition) is 3. The van der Waals surface area contributed by atoms with Gasteiger partial charge in [0.1, 0.15) is 5.52 Å². The fourth-order valence-corrected chi connectivity index (χ4v) is 1.44. The highest BCUT2D eigenvalue weighted by Gasteiger charge is 2.04. The second kappa shape index (κ2) is 2.46. The molecule has 68 valence electrons. The molecule has 2 aromatic heterocycles. The van der Waals surface area contributed by atoms with Crippen LogP contribution >= 0.6 is 12.2 Å². The van der Waals surface area contributed by atoms with Gasteiger partial charge in [-0.2, -0.15) is 4.68 Å². The Morgan fingerprint density at radius 2 is 2.23 bits per heavy atom. The van der Waals surface area contributed by atoms with Gasteiger partial charge in [0.25, 0.3) is 5.56 Å². The number of nitrogens with one attached hydrogen (secondary N) is 2. The van der Waals surface area contributed by atoms with Crippen molar-refractivity contribution in [3.05, 3.63) is 26.9 Å². The van der Waals surface area contributed by atoms with Gasteiger partial charge in [0.05, 0.1) is 5.52 Å². The number of aryl methyl sites for hydroxylation is 1. The summed E-state index contributed by atoms with van der Waals surface area (Å²) >= 11 is 4.85. The molecule has 0 bridgehead atoms. The van der Waals surface area contributed by atoms with Crippen LogP contribution in [0.4, 0.5) is 0 Å². The number of nitrogens with zero attached hydrogens (tertiary/aromatic N) is 1. The lowest BCUT2D eigenvalue weighted by Crippen LogP contribution is -2.28. The van der Waals surface area contributed by atoms with Crippen molar-refractivity contribution in [1.29, 1.82) is 0 Å². The minimum atomic E-state index is -0.313. The number of hydrogen-bond acceptors (Lipinski definition) is 3. The molecule has 6 heteroatoms. The molecule has 4 N–H and O–H groups in total. The van der Waals surface area contributed by atoms with E-state index in [0.717, 1.165) is 10.4 Å². The molecule has 0 aliphatic rings. The molecule has 0 radical (unpaired) electrons. The minimum Gasteiger partial charge on any atom is -0.353 e. The first-order valence-electron chi connectivity index (χ1n) is 3.69. The molecular formula is C7H8N4OS. The first-order valence-corrected chi connectivity index (χ1v) is 4.10. The number of rotatable bonds is 0. The Kier molecular flexibility index (Phi) is 1.53. The van der Waals surface area contributed by atoms with E-state index >= 15 is 0 Å². The maximum absolute atomic E-state index is 11.5. The summed E-state index contributed by atoms with van der Waals surface area (Å²) in [6.45, 7) is 1.86. The zero-order valence-corrected chi connectivity index (χ0v) is 7.73. The van der Waals surface area contributed by atoms with E-state index in [1.165, 1.54) is 0 Å². The molecule has 0 aliphatic heterocycles. The van der Waals surface area contributed by atoms with Crippen LogP contribution in [0.2, 0.25) is 0 Å². The van der Waals surface area contributed by atoms with Crippen molar-refractivity contribution >= 4 is 23.3 Å². The van der Waals surface area contributed by atoms with Crippen LogP contribution in [0.1, 0.15) is 5.69 Å². The van der Waals surface area contributed by atoms with Gasteiger partial charge in [-0.15, -0.1) is 0 Å². The molecule has 0 unspecified atom stereocenters. The van der Waals surface area contributed by atoms with E-state index in [9.17, 15) is 4.79 Å². The lowest BCUT2D eigenvalue weighted by molar-refractivity contribution is 0.889. The Bertz CT molecular complexity index is 576. The zero-order chi connectivity index (χ0) is 9.59. The average molecular weight is 196 g/mol. The van der Waals surface area contributed by atoms with Crippen molar-refractivity contribution < 1.29 is 0 Å². The highest BCUT2D eigenvalue weighted by atomic mass is 32.1. The van der Waals surface area contributed by atoms with Gasteiger partial charge in [0, 0.05) is 5.69 Å². The molecule has 0 aliphatic carbocycles. The normalized spacial score (nSPS) is 10.8. The number of nitrogens with two attached hydrogens (primary N) is 1. The van der Waals surface area contributed by atoms with Crippen LogP contribution in [-0.2, 0) is 0 Å². The van der Waals surface area contributed by atoms with Crippen molar-refractivity contribution in [2.45, 2.75) is 6.92 Å². The summed E-state index contributed by atoms with van der Waals surface area (Å²) in [6.07, 6.45) is 0. The highest BCUT2D eigenvalue weighted by molar-refractivity contribution is 7.71. The van der Waals surface area contributed by atoms with E-state index < -0.39 is 0 Å². The summed E-state index contributed by atoms with van der Waals surface area (Å²) in [6, 6.07) is 1.81. The van der Waals surface area contributed by atoms with Crippen LogP contribution in [0, 0.1) is 11.7 Å². The summed E-state index contributed by atoms with van der Waals surface area (Å²) in [7, 11) is 0. The van der Waals surface area contributed by atoms with Gasteiger partial charge in [-0.1, -0.05) is 0 Å². The fraction of sp³-hybridized carbons (Fsp3) is 0.143. The lowest BCUT2D eigenvalue weighted by atomic mass is 10.4. The standard InChI is InChI=1S/C7H8N4OS/c1-3-2-4-5(9-3)6(12)11(8)7(13)10-4/h2,9H,8H2,1H3,(H,10,13). The molecule has 0 aromatic carbocycles. The highest BCUT2D eigenvalue weighted by Crippen LogP contribution is 2.06. The van der Waals surface area contributed by atoms with Gasteiger partial charge >= 0.3 is 0 Å². The maximum atomic E-state index is 11.5. The topological polar surface area (TPSA) is 79.6 Å². The second-order valence-electron chi connectivity index (χ2n) is 2.85. The average Bonchev–Trinajstić information content (AvgIpc) is 2.42. The van der Waals surface area contributed by atoms with Crippen LogP contribution in [0.15, 0.2) is 10.9 Å².